The third-order valence-electron chi connectivity index (χ3n) is 2.36. The summed E-state index contributed by atoms with van der Waals surface area (Å²) in [5.41, 5.74) is 8.06. The van der Waals surface area contributed by atoms with Crippen molar-refractivity contribution in [3.63, 3.8) is 0 Å². The molecule has 0 aliphatic rings. The molecule has 2 rings (SSSR count). The van der Waals surface area contributed by atoms with Gasteiger partial charge in [-0.3, -0.25) is 0 Å². The average Bonchev–Trinajstić information content (AvgIpc) is 2.82. The van der Waals surface area contributed by atoms with Crippen molar-refractivity contribution in [1.82, 2.24) is 0 Å². The van der Waals surface area contributed by atoms with Crippen LogP contribution in [0.5, 0.6) is 0 Å². The van der Waals surface area contributed by atoms with Gasteiger partial charge in [-0.05, 0) is 35.7 Å². The zero-order chi connectivity index (χ0) is 11.5. The molecule has 0 radical (unpaired) electrons. The van der Waals surface area contributed by atoms with Gasteiger partial charge in [-0.15, -0.1) is 11.3 Å². The molecule has 0 bridgehead atoms. The van der Waals surface area contributed by atoms with Crippen LogP contribution < -0.4 is 10.6 Å². The fourth-order valence-corrected chi connectivity index (χ4v) is 2.19. The van der Waals surface area contributed by atoms with E-state index in [2.05, 4.69) is 6.07 Å². The number of nitriles is 1. The summed E-state index contributed by atoms with van der Waals surface area (Å²) in [5.74, 6) is 0. The topological polar surface area (TPSA) is 53.0 Å². The lowest BCUT2D eigenvalue weighted by Crippen LogP contribution is -2.10. The molecule has 1 aromatic heterocycles. The van der Waals surface area contributed by atoms with Crippen molar-refractivity contribution in [3.05, 3.63) is 41.3 Å². The predicted molar refractivity (Wildman–Crippen MR) is 68.0 cm³/mol. The summed E-state index contributed by atoms with van der Waals surface area (Å²) in [6.07, 6.45) is 0. The summed E-state index contributed by atoms with van der Waals surface area (Å²) in [4.78, 5) is 1.99. The van der Waals surface area contributed by atoms with Crippen LogP contribution >= 0.6 is 11.3 Å². The van der Waals surface area contributed by atoms with Crippen LogP contribution in [0.4, 0.5) is 16.4 Å². The molecular weight excluding hydrogens is 218 g/mol. The van der Waals surface area contributed by atoms with Gasteiger partial charge in [-0.25, -0.2) is 0 Å². The SMILES string of the molecule is CN(c1cccs1)c1cc(C#N)ccc1N. The first-order chi connectivity index (χ1) is 7.72. The van der Waals surface area contributed by atoms with Gasteiger partial charge < -0.3 is 10.6 Å². The largest absolute Gasteiger partial charge is 0.397 e. The molecule has 2 aromatic rings. The molecule has 0 amide bonds. The molecule has 0 saturated carbocycles. The number of benzene rings is 1. The molecule has 3 nitrogen and oxygen atoms in total. The van der Waals surface area contributed by atoms with Crippen LogP contribution in [0, 0.1) is 11.3 Å². The normalized spacial score (nSPS) is 9.75. The first-order valence-corrected chi connectivity index (χ1v) is 5.67. The Bertz CT molecular complexity index is 526. The Morgan fingerprint density at radius 2 is 2.19 bits per heavy atom. The Hall–Kier alpha value is -1.99. The van der Waals surface area contributed by atoms with E-state index in [4.69, 9.17) is 11.0 Å². The van der Waals surface area contributed by atoms with Crippen molar-refractivity contribution < 1.29 is 0 Å². The predicted octanol–water partition coefficient (Wildman–Crippen LogP) is 2.97. The number of anilines is 3. The lowest BCUT2D eigenvalue weighted by atomic mass is 10.2. The van der Waals surface area contributed by atoms with E-state index in [9.17, 15) is 0 Å². The van der Waals surface area contributed by atoms with Crippen LogP contribution in [0.1, 0.15) is 5.56 Å². The van der Waals surface area contributed by atoms with Crippen molar-refractivity contribution in [3.8, 4) is 6.07 Å². The molecule has 4 heteroatoms. The Morgan fingerprint density at radius 1 is 1.38 bits per heavy atom. The van der Waals surface area contributed by atoms with E-state index in [0.717, 1.165) is 10.7 Å². The number of nitrogens with zero attached hydrogens (tertiary/aromatic N) is 2. The number of rotatable bonds is 2. The molecule has 2 N–H and O–H groups in total. The summed E-state index contributed by atoms with van der Waals surface area (Å²) in [7, 11) is 1.94. The fraction of sp³-hybridized carbons (Fsp3) is 0.0833. The van der Waals surface area contributed by atoms with Crippen LogP contribution in [-0.2, 0) is 0 Å². The van der Waals surface area contributed by atoms with Gasteiger partial charge in [0.15, 0.2) is 0 Å². The van der Waals surface area contributed by atoms with Crippen molar-refractivity contribution in [2.45, 2.75) is 0 Å². The minimum atomic E-state index is 0.618. The maximum absolute atomic E-state index is 8.86. The molecule has 0 saturated heterocycles. The van der Waals surface area contributed by atoms with Gasteiger partial charge in [0.05, 0.1) is 28.0 Å². The third-order valence-corrected chi connectivity index (χ3v) is 3.30. The highest BCUT2D eigenvalue weighted by Gasteiger charge is 2.09. The maximum Gasteiger partial charge on any atom is 0.0992 e. The highest BCUT2D eigenvalue weighted by molar-refractivity contribution is 7.14. The van der Waals surface area contributed by atoms with E-state index in [-0.39, 0.29) is 0 Å². The molecule has 0 aliphatic heterocycles. The molecule has 0 unspecified atom stereocenters. The van der Waals surface area contributed by atoms with Gasteiger partial charge >= 0.3 is 0 Å². The van der Waals surface area contributed by atoms with Gasteiger partial charge in [-0.2, -0.15) is 5.26 Å². The van der Waals surface area contributed by atoms with Crippen molar-refractivity contribution >= 4 is 27.7 Å². The first-order valence-electron chi connectivity index (χ1n) is 4.79. The molecule has 1 heterocycles. The van der Waals surface area contributed by atoms with Gasteiger partial charge in [0.2, 0.25) is 0 Å². The zero-order valence-electron chi connectivity index (χ0n) is 8.84. The quantitative estimate of drug-likeness (QED) is 0.805. The van der Waals surface area contributed by atoms with E-state index in [0.29, 0.717) is 11.3 Å². The third kappa shape index (κ3) is 1.86. The van der Waals surface area contributed by atoms with Crippen LogP contribution in [-0.4, -0.2) is 7.05 Å². The number of nitrogens with two attached hydrogens (primary N) is 1. The maximum atomic E-state index is 8.86. The monoisotopic (exact) mass is 229 g/mol. The Balaban J connectivity index is 2.44. The number of hydrogen-bond acceptors (Lipinski definition) is 4. The van der Waals surface area contributed by atoms with E-state index >= 15 is 0 Å². The second kappa shape index (κ2) is 4.25. The molecule has 80 valence electrons. The Labute approximate surface area is 98.4 Å². The van der Waals surface area contributed by atoms with E-state index in [1.54, 1.807) is 29.5 Å². The zero-order valence-corrected chi connectivity index (χ0v) is 9.66. The average molecular weight is 229 g/mol. The summed E-state index contributed by atoms with van der Waals surface area (Å²) >= 11 is 1.64. The minimum absolute atomic E-state index is 0.618. The lowest BCUT2D eigenvalue weighted by molar-refractivity contribution is 1.24. The smallest absolute Gasteiger partial charge is 0.0992 e. The molecule has 16 heavy (non-hydrogen) atoms. The van der Waals surface area contributed by atoms with Crippen LogP contribution in [0.3, 0.4) is 0 Å². The van der Waals surface area contributed by atoms with Crippen molar-refractivity contribution in [2.24, 2.45) is 0 Å². The van der Waals surface area contributed by atoms with Crippen LogP contribution in [0.15, 0.2) is 35.7 Å². The van der Waals surface area contributed by atoms with Crippen molar-refractivity contribution in [1.29, 1.82) is 5.26 Å². The summed E-state index contributed by atoms with van der Waals surface area (Å²) < 4.78 is 0. The van der Waals surface area contributed by atoms with Crippen molar-refractivity contribution in [2.75, 3.05) is 17.7 Å². The standard InChI is InChI=1S/C12H11N3S/c1-15(12-3-2-6-16-12)11-7-9(8-13)4-5-10(11)14/h2-7H,14H2,1H3. The number of thiophene rings is 1. The first kappa shape index (κ1) is 10.5. The Morgan fingerprint density at radius 3 is 2.81 bits per heavy atom. The molecule has 0 spiro atoms. The lowest BCUT2D eigenvalue weighted by Gasteiger charge is -2.19. The van der Waals surface area contributed by atoms with Gasteiger partial charge in [0, 0.05) is 7.05 Å². The highest BCUT2D eigenvalue weighted by atomic mass is 32.1. The van der Waals surface area contributed by atoms with Crippen LogP contribution in [0.2, 0.25) is 0 Å². The van der Waals surface area contributed by atoms with Gasteiger partial charge in [-0.1, -0.05) is 0 Å². The van der Waals surface area contributed by atoms with E-state index < -0.39 is 0 Å². The number of nitrogen functional groups attached to an aromatic ring is 1. The molecule has 1 aromatic carbocycles. The molecule has 0 atom stereocenters. The van der Waals surface area contributed by atoms with E-state index in [1.807, 2.05) is 29.5 Å². The van der Waals surface area contributed by atoms with Crippen LogP contribution in [0.25, 0.3) is 0 Å². The van der Waals surface area contributed by atoms with Gasteiger partial charge in [0.1, 0.15) is 0 Å². The molecule has 0 fully saturated rings. The summed E-state index contributed by atoms with van der Waals surface area (Å²) in [6.45, 7) is 0. The molecular formula is C12H11N3S. The summed E-state index contributed by atoms with van der Waals surface area (Å²) in [5, 5.41) is 12.0. The second-order valence-corrected chi connectivity index (χ2v) is 4.32. The fourth-order valence-electron chi connectivity index (χ4n) is 1.48. The summed E-state index contributed by atoms with van der Waals surface area (Å²) in [6, 6.07) is 11.4. The van der Waals surface area contributed by atoms with Gasteiger partial charge in [0.25, 0.3) is 0 Å². The minimum Gasteiger partial charge on any atom is -0.397 e. The highest BCUT2D eigenvalue weighted by Crippen LogP contribution is 2.32. The second-order valence-electron chi connectivity index (χ2n) is 3.40. The Kier molecular flexibility index (Phi) is 2.80. The number of hydrogen-bond donors (Lipinski definition) is 1. The molecule has 0 aliphatic carbocycles. The van der Waals surface area contributed by atoms with E-state index in [1.165, 1.54) is 0 Å².